The predicted octanol–water partition coefficient (Wildman–Crippen LogP) is 1.58. The highest BCUT2D eigenvalue weighted by atomic mass is 35.5. The molecule has 0 spiro atoms. The highest BCUT2D eigenvalue weighted by molar-refractivity contribution is 7.86. The van der Waals surface area contributed by atoms with Gasteiger partial charge in [0.05, 0.1) is 6.07 Å². The van der Waals surface area contributed by atoms with Crippen LogP contribution in [0.15, 0.2) is 24.3 Å². The van der Waals surface area contributed by atoms with E-state index in [2.05, 4.69) is 0 Å². The zero-order chi connectivity index (χ0) is 18.4. The molecule has 0 bridgehead atoms. The van der Waals surface area contributed by atoms with Gasteiger partial charge >= 0.3 is 0 Å². The van der Waals surface area contributed by atoms with E-state index in [1.165, 1.54) is 15.7 Å². The van der Waals surface area contributed by atoms with Crippen molar-refractivity contribution in [3.8, 4) is 6.07 Å². The van der Waals surface area contributed by atoms with Crippen molar-refractivity contribution >= 4 is 27.7 Å². The summed E-state index contributed by atoms with van der Waals surface area (Å²) in [6, 6.07) is 8.67. The first-order chi connectivity index (χ1) is 11.9. The fraction of sp³-hybridized carbons (Fsp3) is 0.500. The molecular weight excluding hydrogens is 364 g/mol. The third-order valence-corrected chi connectivity index (χ3v) is 6.30. The fourth-order valence-electron chi connectivity index (χ4n) is 2.65. The Labute approximate surface area is 153 Å². The Hall–Kier alpha value is -1.66. The molecule has 0 saturated carbocycles. The number of halogens is 1. The van der Waals surface area contributed by atoms with Crippen LogP contribution in [-0.4, -0.2) is 67.6 Å². The van der Waals surface area contributed by atoms with Crippen LogP contribution in [0, 0.1) is 11.3 Å². The SMILES string of the molecule is CN(CCC#N)S(=O)(=O)N1CCCN(C(=O)c2cccc(Cl)c2)CC1. The molecule has 1 aromatic carbocycles. The lowest BCUT2D eigenvalue weighted by Gasteiger charge is -2.26. The Bertz CT molecular complexity index is 763. The van der Waals surface area contributed by atoms with Crippen LogP contribution in [0.4, 0.5) is 0 Å². The largest absolute Gasteiger partial charge is 0.337 e. The van der Waals surface area contributed by atoms with E-state index in [0.29, 0.717) is 36.6 Å². The van der Waals surface area contributed by atoms with Crippen molar-refractivity contribution in [3.63, 3.8) is 0 Å². The van der Waals surface area contributed by atoms with E-state index >= 15 is 0 Å². The first-order valence-corrected chi connectivity index (χ1v) is 9.77. The van der Waals surface area contributed by atoms with E-state index in [1.54, 1.807) is 29.2 Å². The van der Waals surface area contributed by atoms with Crippen LogP contribution < -0.4 is 0 Å². The third kappa shape index (κ3) is 4.92. The molecule has 1 aliphatic heterocycles. The van der Waals surface area contributed by atoms with Crippen LogP contribution in [0.1, 0.15) is 23.2 Å². The van der Waals surface area contributed by atoms with Crippen LogP contribution in [0.3, 0.4) is 0 Å². The number of amides is 1. The maximum absolute atomic E-state index is 12.6. The van der Waals surface area contributed by atoms with Crippen molar-refractivity contribution in [2.45, 2.75) is 12.8 Å². The lowest BCUT2D eigenvalue weighted by molar-refractivity contribution is 0.0764. The molecule has 0 N–H and O–H groups in total. The molecule has 0 radical (unpaired) electrons. The first-order valence-electron chi connectivity index (χ1n) is 7.99. The predicted molar refractivity (Wildman–Crippen MR) is 95.3 cm³/mol. The molecule has 1 saturated heterocycles. The zero-order valence-corrected chi connectivity index (χ0v) is 15.6. The Morgan fingerprint density at radius 2 is 2.08 bits per heavy atom. The average molecular weight is 385 g/mol. The molecule has 0 aliphatic carbocycles. The Morgan fingerprint density at radius 3 is 2.76 bits per heavy atom. The minimum atomic E-state index is -3.62. The van der Waals surface area contributed by atoms with E-state index < -0.39 is 10.2 Å². The van der Waals surface area contributed by atoms with Gasteiger partial charge in [0.25, 0.3) is 16.1 Å². The van der Waals surface area contributed by atoms with Crippen molar-refractivity contribution < 1.29 is 13.2 Å². The quantitative estimate of drug-likeness (QED) is 0.771. The smallest absolute Gasteiger partial charge is 0.281 e. The van der Waals surface area contributed by atoms with Gasteiger partial charge in [-0.3, -0.25) is 4.79 Å². The van der Waals surface area contributed by atoms with Crippen molar-refractivity contribution in [2.75, 3.05) is 39.8 Å². The van der Waals surface area contributed by atoms with Crippen LogP contribution in [0.2, 0.25) is 5.02 Å². The number of nitrogens with zero attached hydrogens (tertiary/aromatic N) is 4. The molecular formula is C16H21ClN4O3S. The third-order valence-electron chi connectivity index (χ3n) is 4.07. The lowest BCUT2D eigenvalue weighted by atomic mass is 10.2. The molecule has 9 heteroatoms. The van der Waals surface area contributed by atoms with E-state index in [-0.39, 0.29) is 25.4 Å². The average Bonchev–Trinajstić information content (AvgIpc) is 2.85. The molecule has 1 amide bonds. The van der Waals surface area contributed by atoms with E-state index in [4.69, 9.17) is 16.9 Å². The second-order valence-corrected chi connectivity index (χ2v) is 8.26. The van der Waals surface area contributed by atoms with Crippen molar-refractivity contribution in [3.05, 3.63) is 34.9 Å². The number of hydrogen-bond acceptors (Lipinski definition) is 4. The summed E-state index contributed by atoms with van der Waals surface area (Å²) in [5.41, 5.74) is 0.495. The maximum atomic E-state index is 12.6. The van der Waals surface area contributed by atoms with Gasteiger partial charge < -0.3 is 4.90 Å². The van der Waals surface area contributed by atoms with Gasteiger partial charge in [0.1, 0.15) is 0 Å². The van der Waals surface area contributed by atoms with Gasteiger partial charge in [-0.05, 0) is 24.6 Å². The number of benzene rings is 1. The van der Waals surface area contributed by atoms with Crippen molar-refractivity contribution in [1.29, 1.82) is 5.26 Å². The summed E-state index contributed by atoms with van der Waals surface area (Å²) in [4.78, 5) is 14.2. The second-order valence-electron chi connectivity index (χ2n) is 5.79. The molecule has 136 valence electrons. The van der Waals surface area contributed by atoms with Gasteiger partial charge in [0.15, 0.2) is 0 Å². The van der Waals surface area contributed by atoms with Crippen molar-refractivity contribution in [1.82, 2.24) is 13.5 Å². The molecule has 7 nitrogen and oxygen atoms in total. The second kappa shape index (κ2) is 8.63. The standard InChI is InChI=1S/C16H21ClN4O3S/c1-19(8-3-7-18)25(23,24)21-10-4-9-20(11-12-21)16(22)14-5-2-6-15(17)13-14/h2,5-6,13H,3-4,8-12H2,1H3. The van der Waals surface area contributed by atoms with Gasteiger partial charge in [-0.1, -0.05) is 17.7 Å². The number of carbonyl (C=O) groups is 1. The van der Waals surface area contributed by atoms with Gasteiger partial charge in [0.2, 0.25) is 0 Å². The Balaban J connectivity index is 2.04. The molecule has 2 rings (SSSR count). The molecule has 1 heterocycles. The van der Waals surface area contributed by atoms with E-state index in [9.17, 15) is 13.2 Å². The summed E-state index contributed by atoms with van der Waals surface area (Å²) >= 11 is 5.93. The van der Waals surface area contributed by atoms with E-state index in [0.717, 1.165) is 0 Å². The topological polar surface area (TPSA) is 84.7 Å². The van der Waals surface area contributed by atoms with Crippen LogP contribution in [0.25, 0.3) is 0 Å². The summed E-state index contributed by atoms with van der Waals surface area (Å²) in [5, 5.41) is 9.11. The lowest BCUT2D eigenvalue weighted by Crippen LogP contribution is -2.44. The van der Waals surface area contributed by atoms with Gasteiger partial charge in [-0.25, -0.2) is 0 Å². The summed E-state index contributed by atoms with van der Waals surface area (Å²) < 4.78 is 27.7. The summed E-state index contributed by atoms with van der Waals surface area (Å²) in [7, 11) is -2.16. The normalized spacial score (nSPS) is 16.5. The minimum Gasteiger partial charge on any atom is -0.337 e. The number of rotatable bonds is 5. The minimum absolute atomic E-state index is 0.142. The molecule has 1 aliphatic rings. The molecule has 1 fully saturated rings. The highest BCUT2D eigenvalue weighted by Gasteiger charge is 2.30. The van der Waals surface area contributed by atoms with Crippen LogP contribution in [-0.2, 0) is 10.2 Å². The van der Waals surface area contributed by atoms with E-state index in [1.807, 2.05) is 6.07 Å². The molecule has 0 aromatic heterocycles. The zero-order valence-electron chi connectivity index (χ0n) is 14.1. The maximum Gasteiger partial charge on any atom is 0.281 e. The Morgan fingerprint density at radius 1 is 1.32 bits per heavy atom. The van der Waals surface area contributed by atoms with Crippen LogP contribution >= 0.6 is 11.6 Å². The first kappa shape index (κ1) is 19.7. The highest BCUT2D eigenvalue weighted by Crippen LogP contribution is 2.16. The summed E-state index contributed by atoms with van der Waals surface area (Å²) in [6.45, 7) is 1.53. The van der Waals surface area contributed by atoms with Crippen molar-refractivity contribution in [2.24, 2.45) is 0 Å². The van der Waals surface area contributed by atoms with Gasteiger partial charge in [0, 0.05) is 56.8 Å². The van der Waals surface area contributed by atoms with Gasteiger partial charge in [-0.15, -0.1) is 0 Å². The summed E-state index contributed by atoms with van der Waals surface area (Å²) in [6.07, 6.45) is 0.695. The number of nitriles is 1. The van der Waals surface area contributed by atoms with Crippen LogP contribution in [0.5, 0.6) is 0 Å². The van der Waals surface area contributed by atoms with Gasteiger partial charge in [-0.2, -0.15) is 22.3 Å². The molecule has 1 aromatic rings. The summed E-state index contributed by atoms with van der Waals surface area (Å²) in [5.74, 6) is -0.153. The Kier molecular flexibility index (Phi) is 6.79. The number of hydrogen-bond donors (Lipinski definition) is 0. The monoisotopic (exact) mass is 384 g/mol. The number of carbonyl (C=O) groups excluding carboxylic acids is 1. The fourth-order valence-corrected chi connectivity index (χ4v) is 4.23. The molecule has 25 heavy (non-hydrogen) atoms. The molecule has 0 unspecified atom stereocenters. The molecule has 0 atom stereocenters.